The SMILES string of the molecule is CC(C)C(NC(=O)OCc1ccccc1)C(=O)NC(CC1CCCCC1)C(=O)O. The Morgan fingerprint density at radius 3 is 2.31 bits per heavy atom. The molecule has 2 rings (SSSR count). The second-order valence-corrected chi connectivity index (χ2v) is 8.07. The summed E-state index contributed by atoms with van der Waals surface area (Å²) in [5.41, 5.74) is 0.839. The lowest BCUT2D eigenvalue weighted by atomic mass is 9.84. The van der Waals surface area contributed by atoms with Crippen LogP contribution in [-0.4, -0.2) is 35.2 Å². The van der Waals surface area contributed by atoms with E-state index < -0.39 is 30.1 Å². The van der Waals surface area contributed by atoms with Gasteiger partial charge < -0.3 is 20.5 Å². The molecular weight excluding hydrogens is 372 g/mol. The summed E-state index contributed by atoms with van der Waals surface area (Å²) in [6.07, 6.45) is 5.11. The Balaban J connectivity index is 1.90. The van der Waals surface area contributed by atoms with Gasteiger partial charge in [0.25, 0.3) is 0 Å². The number of carbonyl (C=O) groups is 3. The minimum atomic E-state index is -1.04. The van der Waals surface area contributed by atoms with Gasteiger partial charge in [-0.3, -0.25) is 4.79 Å². The number of alkyl carbamates (subject to hydrolysis) is 1. The third-order valence-electron chi connectivity index (χ3n) is 5.34. The molecule has 7 heteroatoms. The molecule has 0 aromatic heterocycles. The first kappa shape index (κ1) is 22.7. The van der Waals surface area contributed by atoms with E-state index in [9.17, 15) is 19.5 Å². The maximum atomic E-state index is 12.7. The quantitative estimate of drug-likeness (QED) is 0.584. The molecule has 0 radical (unpaired) electrons. The molecule has 0 heterocycles. The van der Waals surface area contributed by atoms with Gasteiger partial charge in [-0.15, -0.1) is 0 Å². The van der Waals surface area contributed by atoms with Crippen LogP contribution in [-0.2, 0) is 20.9 Å². The third kappa shape index (κ3) is 7.75. The summed E-state index contributed by atoms with van der Waals surface area (Å²) in [6.45, 7) is 3.68. The van der Waals surface area contributed by atoms with Crippen molar-refractivity contribution in [3.8, 4) is 0 Å². The summed E-state index contributed by atoms with van der Waals surface area (Å²) in [7, 11) is 0. The van der Waals surface area contributed by atoms with Gasteiger partial charge in [0, 0.05) is 0 Å². The summed E-state index contributed by atoms with van der Waals surface area (Å²) in [5, 5.41) is 14.7. The van der Waals surface area contributed by atoms with Crippen molar-refractivity contribution >= 4 is 18.0 Å². The van der Waals surface area contributed by atoms with Crippen molar-refractivity contribution < 1.29 is 24.2 Å². The second kappa shape index (κ2) is 11.4. The zero-order valence-electron chi connectivity index (χ0n) is 17.2. The third-order valence-corrected chi connectivity index (χ3v) is 5.34. The first-order valence-electron chi connectivity index (χ1n) is 10.4. The van der Waals surface area contributed by atoms with Gasteiger partial charge in [0.2, 0.25) is 5.91 Å². The number of amides is 2. The van der Waals surface area contributed by atoms with Crippen LogP contribution in [0.3, 0.4) is 0 Å². The number of carbonyl (C=O) groups excluding carboxylic acids is 2. The second-order valence-electron chi connectivity index (χ2n) is 8.07. The number of benzene rings is 1. The molecule has 1 aromatic carbocycles. The number of carboxylic acid groups (broad SMARTS) is 1. The van der Waals surface area contributed by atoms with Crippen LogP contribution in [0.4, 0.5) is 4.79 Å². The molecule has 1 saturated carbocycles. The molecule has 2 amide bonds. The Hall–Kier alpha value is -2.57. The normalized spacial score (nSPS) is 16.7. The van der Waals surface area contributed by atoms with Crippen LogP contribution in [0.25, 0.3) is 0 Å². The smallest absolute Gasteiger partial charge is 0.408 e. The average Bonchev–Trinajstić information content (AvgIpc) is 2.71. The molecule has 0 spiro atoms. The Morgan fingerprint density at radius 2 is 1.72 bits per heavy atom. The van der Waals surface area contributed by atoms with Crippen LogP contribution in [0, 0.1) is 11.8 Å². The van der Waals surface area contributed by atoms with Crippen LogP contribution in [0.15, 0.2) is 30.3 Å². The lowest BCUT2D eigenvalue weighted by Gasteiger charge is -2.27. The van der Waals surface area contributed by atoms with Gasteiger partial charge in [-0.1, -0.05) is 76.3 Å². The van der Waals surface area contributed by atoms with Crippen LogP contribution >= 0.6 is 0 Å². The van der Waals surface area contributed by atoms with E-state index in [1.165, 1.54) is 6.42 Å². The fraction of sp³-hybridized carbons (Fsp3) is 0.591. The molecule has 29 heavy (non-hydrogen) atoms. The van der Waals surface area contributed by atoms with E-state index in [0.29, 0.717) is 12.3 Å². The summed E-state index contributed by atoms with van der Waals surface area (Å²) in [6, 6.07) is 7.42. The lowest BCUT2D eigenvalue weighted by molar-refractivity contribution is -0.142. The van der Waals surface area contributed by atoms with Gasteiger partial charge in [0.05, 0.1) is 0 Å². The number of nitrogens with one attached hydrogen (secondary N) is 2. The number of aliphatic carboxylic acids is 1. The molecule has 160 valence electrons. The predicted molar refractivity (Wildman–Crippen MR) is 109 cm³/mol. The van der Waals surface area contributed by atoms with Crippen LogP contribution in [0.1, 0.15) is 57.9 Å². The van der Waals surface area contributed by atoms with Gasteiger partial charge in [0.15, 0.2) is 0 Å². The largest absolute Gasteiger partial charge is 0.480 e. The maximum absolute atomic E-state index is 12.7. The number of rotatable bonds is 9. The molecule has 1 aliphatic rings. The van der Waals surface area contributed by atoms with Gasteiger partial charge in [-0.05, 0) is 23.8 Å². The molecule has 1 fully saturated rings. The summed E-state index contributed by atoms with van der Waals surface area (Å²) >= 11 is 0. The van der Waals surface area contributed by atoms with Gasteiger partial charge >= 0.3 is 12.1 Å². The molecule has 2 unspecified atom stereocenters. The van der Waals surface area contributed by atoms with Crippen molar-refractivity contribution in [3.63, 3.8) is 0 Å². The Morgan fingerprint density at radius 1 is 1.07 bits per heavy atom. The highest BCUT2D eigenvalue weighted by molar-refractivity contribution is 5.89. The van der Waals surface area contributed by atoms with E-state index in [0.717, 1.165) is 31.2 Å². The summed E-state index contributed by atoms with van der Waals surface area (Å²) in [5.74, 6) is -1.45. The van der Waals surface area contributed by atoms with E-state index >= 15 is 0 Å². The van der Waals surface area contributed by atoms with Crippen LogP contribution < -0.4 is 10.6 Å². The highest BCUT2D eigenvalue weighted by Gasteiger charge is 2.30. The number of carboxylic acids is 1. The van der Waals surface area contributed by atoms with Crippen molar-refractivity contribution in [1.29, 1.82) is 0 Å². The predicted octanol–water partition coefficient (Wildman–Crippen LogP) is 3.48. The lowest BCUT2D eigenvalue weighted by Crippen LogP contribution is -2.54. The fourth-order valence-electron chi connectivity index (χ4n) is 3.67. The van der Waals surface area contributed by atoms with Gasteiger partial charge in [-0.25, -0.2) is 9.59 Å². The number of hydrogen-bond acceptors (Lipinski definition) is 4. The van der Waals surface area contributed by atoms with Crippen molar-refractivity contribution in [2.24, 2.45) is 11.8 Å². The van der Waals surface area contributed by atoms with Crippen LogP contribution in [0.2, 0.25) is 0 Å². The van der Waals surface area contributed by atoms with Crippen molar-refractivity contribution in [3.05, 3.63) is 35.9 Å². The number of hydrogen-bond donors (Lipinski definition) is 3. The Bertz CT molecular complexity index is 671. The molecule has 7 nitrogen and oxygen atoms in total. The molecule has 0 bridgehead atoms. The summed E-state index contributed by atoms with van der Waals surface area (Å²) in [4.78, 5) is 36.5. The standard InChI is InChI=1S/C22H32N2O5/c1-15(2)19(24-22(28)29-14-17-11-7-4-8-12-17)20(25)23-18(21(26)27)13-16-9-5-3-6-10-16/h4,7-8,11-12,15-16,18-19H,3,5-6,9-10,13-14H2,1-2H3,(H,23,25)(H,24,28)(H,26,27). The first-order valence-corrected chi connectivity index (χ1v) is 10.4. The van der Waals surface area contributed by atoms with Crippen LogP contribution in [0.5, 0.6) is 0 Å². The van der Waals surface area contributed by atoms with E-state index in [4.69, 9.17) is 4.74 Å². The zero-order chi connectivity index (χ0) is 21.2. The molecule has 2 atom stereocenters. The maximum Gasteiger partial charge on any atom is 0.408 e. The molecule has 1 aromatic rings. The van der Waals surface area contributed by atoms with E-state index in [1.807, 2.05) is 30.3 Å². The highest BCUT2D eigenvalue weighted by Crippen LogP contribution is 2.27. The molecule has 1 aliphatic carbocycles. The van der Waals surface area contributed by atoms with E-state index in [1.54, 1.807) is 13.8 Å². The fourth-order valence-corrected chi connectivity index (χ4v) is 3.67. The topological polar surface area (TPSA) is 105 Å². The van der Waals surface area contributed by atoms with E-state index in [2.05, 4.69) is 10.6 Å². The monoisotopic (exact) mass is 404 g/mol. The molecule has 3 N–H and O–H groups in total. The van der Waals surface area contributed by atoms with Crippen molar-refractivity contribution in [1.82, 2.24) is 10.6 Å². The minimum Gasteiger partial charge on any atom is -0.480 e. The van der Waals surface area contributed by atoms with Crippen molar-refractivity contribution in [2.75, 3.05) is 0 Å². The molecule has 0 aliphatic heterocycles. The average molecular weight is 405 g/mol. The van der Waals surface area contributed by atoms with Gasteiger partial charge in [-0.2, -0.15) is 0 Å². The Kier molecular flexibility index (Phi) is 8.96. The van der Waals surface area contributed by atoms with Gasteiger partial charge in [0.1, 0.15) is 18.7 Å². The molecule has 0 saturated heterocycles. The van der Waals surface area contributed by atoms with Crippen molar-refractivity contribution in [2.45, 2.75) is 71.1 Å². The minimum absolute atomic E-state index is 0.0958. The molecular formula is C22H32N2O5. The highest BCUT2D eigenvalue weighted by atomic mass is 16.5. The van der Waals surface area contributed by atoms with E-state index in [-0.39, 0.29) is 12.5 Å². The number of ether oxygens (including phenoxy) is 1. The Labute approximate surface area is 172 Å². The summed E-state index contributed by atoms with van der Waals surface area (Å²) < 4.78 is 5.19. The zero-order valence-corrected chi connectivity index (χ0v) is 17.2. The first-order chi connectivity index (χ1) is 13.9.